The number of nitrogens with zero attached hydrogens (tertiary/aromatic N) is 4. The summed E-state index contributed by atoms with van der Waals surface area (Å²) < 4.78 is 0. The molecule has 0 aliphatic rings. The number of H-pyrrole nitrogens is 1. The van der Waals surface area contributed by atoms with Crippen LogP contribution in [0.3, 0.4) is 0 Å². The average molecular weight is 251 g/mol. The van der Waals surface area contributed by atoms with Gasteiger partial charge in [0.15, 0.2) is 5.82 Å². The summed E-state index contributed by atoms with van der Waals surface area (Å²) in [7, 11) is 0. The lowest BCUT2D eigenvalue weighted by Crippen LogP contribution is -1.95. The molecular formula is C14H13N5. The first kappa shape index (κ1) is 11.5. The summed E-state index contributed by atoms with van der Waals surface area (Å²) >= 11 is 0. The van der Waals surface area contributed by atoms with E-state index in [1.54, 1.807) is 12.4 Å². The largest absolute Gasteiger partial charge is 0.275 e. The van der Waals surface area contributed by atoms with Gasteiger partial charge >= 0.3 is 0 Å². The van der Waals surface area contributed by atoms with E-state index in [-0.39, 0.29) is 0 Å². The van der Waals surface area contributed by atoms with Crippen LogP contribution in [-0.2, 0) is 0 Å². The molecule has 0 unspecified atom stereocenters. The second-order valence-electron chi connectivity index (χ2n) is 4.32. The lowest BCUT2D eigenvalue weighted by molar-refractivity contribution is 1.06. The van der Waals surface area contributed by atoms with Gasteiger partial charge in [0.2, 0.25) is 0 Å². The summed E-state index contributed by atoms with van der Waals surface area (Å²) in [5.74, 6) is 0.634. The highest BCUT2D eigenvalue weighted by molar-refractivity contribution is 5.63. The molecule has 0 bridgehead atoms. The molecule has 0 fully saturated rings. The third-order valence-electron chi connectivity index (χ3n) is 2.90. The molecule has 0 spiro atoms. The fraction of sp³-hybridized carbons (Fsp3) is 0.143. The maximum Gasteiger partial charge on any atom is 0.178 e. The zero-order chi connectivity index (χ0) is 13.2. The van der Waals surface area contributed by atoms with Gasteiger partial charge in [-0.15, -0.1) is 0 Å². The van der Waals surface area contributed by atoms with Gasteiger partial charge < -0.3 is 0 Å². The molecule has 94 valence electrons. The van der Waals surface area contributed by atoms with Crippen LogP contribution in [0, 0.1) is 13.8 Å². The van der Waals surface area contributed by atoms with Crippen LogP contribution < -0.4 is 0 Å². The highest BCUT2D eigenvalue weighted by atomic mass is 15.1. The van der Waals surface area contributed by atoms with Crippen molar-refractivity contribution in [3.63, 3.8) is 0 Å². The molecule has 3 heterocycles. The Kier molecular flexibility index (Phi) is 2.79. The van der Waals surface area contributed by atoms with Crippen LogP contribution in [0.2, 0.25) is 0 Å². The molecule has 5 nitrogen and oxygen atoms in total. The van der Waals surface area contributed by atoms with Gasteiger partial charge in [0.05, 0.1) is 5.69 Å². The Labute approximate surface area is 110 Å². The number of pyridine rings is 1. The number of nitrogens with one attached hydrogen (secondary N) is 1. The molecule has 5 heteroatoms. The maximum absolute atomic E-state index is 4.55. The van der Waals surface area contributed by atoms with E-state index >= 15 is 0 Å². The fourth-order valence-electron chi connectivity index (χ4n) is 1.98. The van der Waals surface area contributed by atoms with E-state index in [4.69, 9.17) is 0 Å². The Bertz CT molecular complexity index is 704. The van der Waals surface area contributed by atoms with Crippen LogP contribution in [0.15, 0.2) is 36.7 Å². The minimum Gasteiger partial charge on any atom is -0.275 e. The number of aromatic amines is 1. The Hall–Kier alpha value is -2.56. The van der Waals surface area contributed by atoms with Crippen LogP contribution in [0.4, 0.5) is 0 Å². The molecule has 0 amide bonds. The van der Waals surface area contributed by atoms with Gasteiger partial charge in [-0.2, -0.15) is 5.10 Å². The topological polar surface area (TPSA) is 67.3 Å². The second kappa shape index (κ2) is 4.61. The monoisotopic (exact) mass is 251 g/mol. The van der Waals surface area contributed by atoms with Gasteiger partial charge in [0, 0.05) is 29.3 Å². The molecule has 3 rings (SSSR count). The normalized spacial score (nSPS) is 10.6. The SMILES string of the molecule is Cc1ccc(-c2ccnc(-c3ccn[nH]3)n2)c(C)n1. The Morgan fingerprint density at radius 1 is 0.947 bits per heavy atom. The standard InChI is InChI=1S/C14H13N5/c1-9-3-4-11(10(2)17-9)12-5-7-15-14(18-12)13-6-8-16-19-13/h3-8H,1-2H3,(H,16,19). The molecule has 3 aromatic rings. The minimum absolute atomic E-state index is 0.634. The summed E-state index contributed by atoms with van der Waals surface area (Å²) in [5.41, 5.74) is 4.66. The van der Waals surface area contributed by atoms with E-state index in [1.165, 1.54) is 0 Å². The lowest BCUT2D eigenvalue weighted by Gasteiger charge is -2.06. The van der Waals surface area contributed by atoms with E-state index in [2.05, 4.69) is 25.1 Å². The number of rotatable bonds is 2. The lowest BCUT2D eigenvalue weighted by atomic mass is 10.1. The number of aromatic nitrogens is 5. The fourth-order valence-corrected chi connectivity index (χ4v) is 1.98. The van der Waals surface area contributed by atoms with Crippen LogP contribution in [-0.4, -0.2) is 25.1 Å². The van der Waals surface area contributed by atoms with Crippen LogP contribution in [0.1, 0.15) is 11.4 Å². The number of hydrogen-bond acceptors (Lipinski definition) is 4. The molecular weight excluding hydrogens is 238 g/mol. The molecule has 3 aromatic heterocycles. The van der Waals surface area contributed by atoms with Crippen molar-refractivity contribution in [1.29, 1.82) is 0 Å². The van der Waals surface area contributed by atoms with Crippen LogP contribution >= 0.6 is 0 Å². The molecule has 0 aromatic carbocycles. The number of aryl methyl sites for hydroxylation is 2. The Morgan fingerprint density at radius 3 is 2.58 bits per heavy atom. The highest BCUT2D eigenvalue weighted by Gasteiger charge is 2.08. The average Bonchev–Trinajstić information content (AvgIpc) is 2.93. The van der Waals surface area contributed by atoms with Crippen molar-refractivity contribution in [2.75, 3.05) is 0 Å². The van der Waals surface area contributed by atoms with Crippen molar-refractivity contribution in [3.05, 3.63) is 48.0 Å². The van der Waals surface area contributed by atoms with E-state index in [0.29, 0.717) is 5.82 Å². The van der Waals surface area contributed by atoms with E-state index < -0.39 is 0 Å². The minimum atomic E-state index is 0.634. The number of hydrogen-bond donors (Lipinski definition) is 1. The van der Waals surface area contributed by atoms with Gasteiger partial charge in [-0.25, -0.2) is 9.97 Å². The molecule has 1 N–H and O–H groups in total. The summed E-state index contributed by atoms with van der Waals surface area (Å²) in [4.78, 5) is 13.3. The smallest absolute Gasteiger partial charge is 0.178 e. The van der Waals surface area contributed by atoms with Crippen LogP contribution in [0.25, 0.3) is 22.8 Å². The van der Waals surface area contributed by atoms with Crippen molar-refractivity contribution < 1.29 is 0 Å². The zero-order valence-corrected chi connectivity index (χ0v) is 10.8. The zero-order valence-electron chi connectivity index (χ0n) is 10.8. The van der Waals surface area contributed by atoms with Gasteiger partial charge in [-0.3, -0.25) is 10.1 Å². The molecule has 0 saturated heterocycles. The van der Waals surface area contributed by atoms with Gasteiger partial charge in [-0.05, 0) is 38.1 Å². The molecule has 0 aliphatic heterocycles. The summed E-state index contributed by atoms with van der Waals surface area (Å²) in [6, 6.07) is 7.76. The van der Waals surface area contributed by atoms with Crippen molar-refractivity contribution in [3.8, 4) is 22.8 Å². The first-order valence-corrected chi connectivity index (χ1v) is 6.01. The third-order valence-corrected chi connectivity index (χ3v) is 2.90. The molecule has 19 heavy (non-hydrogen) atoms. The molecule has 0 saturated carbocycles. The first-order valence-electron chi connectivity index (χ1n) is 6.01. The summed E-state index contributed by atoms with van der Waals surface area (Å²) in [5, 5.41) is 6.78. The predicted octanol–water partition coefficient (Wildman–Crippen LogP) is 2.55. The van der Waals surface area contributed by atoms with Gasteiger partial charge in [0.25, 0.3) is 0 Å². The quantitative estimate of drug-likeness (QED) is 0.760. The van der Waals surface area contributed by atoms with Crippen molar-refractivity contribution in [2.45, 2.75) is 13.8 Å². The summed E-state index contributed by atoms with van der Waals surface area (Å²) in [6.07, 6.45) is 3.43. The molecule has 0 aliphatic carbocycles. The maximum atomic E-state index is 4.55. The van der Waals surface area contributed by atoms with E-state index in [0.717, 1.165) is 28.3 Å². The van der Waals surface area contributed by atoms with Crippen molar-refractivity contribution in [1.82, 2.24) is 25.1 Å². The Balaban J connectivity index is 2.08. The molecule has 0 radical (unpaired) electrons. The van der Waals surface area contributed by atoms with E-state index in [1.807, 2.05) is 38.1 Å². The van der Waals surface area contributed by atoms with Crippen molar-refractivity contribution >= 4 is 0 Å². The molecule has 0 atom stereocenters. The highest BCUT2D eigenvalue weighted by Crippen LogP contribution is 2.22. The van der Waals surface area contributed by atoms with Gasteiger partial charge in [-0.1, -0.05) is 0 Å². The van der Waals surface area contributed by atoms with E-state index in [9.17, 15) is 0 Å². The third kappa shape index (κ3) is 2.22. The summed E-state index contributed by atoms with van der Waals surface area (Å²) in [6.45, 7) is 3.97. The first-order chi connectivity index (χ1) is 9.24. The van der Waals surface area contributed by atoms with Crippen LogP contribution in [0.5, 0.6) is 0 Å². The Morgan fingerprint density at radius 2 is 1.84 bits per heavy atom. The predicted molar refractivity (Wildman–Crippen MR) is 72.3 cm³/mol. The second-order valence-corrected chi connectivity index (χ2v) is 4.32. The van der Waals surface area contributed by atoms with Gasteiger partial charge in [0.1, 0.15) is 5.69 Å². The van der Waals surface area contributed by atoms with Crippen molar-refractivity contribution in [2.24, 2.45) is 0 Å².